The number of hydrogen-bond donors (Lipinski definition) is 0. The summed E-state index contributed by atoms with van der Waals surface area (Å²) < 4.78 is 12.2. The molecule has 0 aliphatic heterocycles. The first kappa shape index (κ1) is 21.2. The number of hydrogen-bond acceptors (Lipinski definition) is 6. The Hall–Kier alpha value is -4.00. The molecule has 0 saturated heterocycles. The molecule has 4 rings (SSSR count). The van der Waals surface area contributed by atoms with Gasteiger partial charge in [0.25, 0.3) is 5.89 Å². The van der Waals surface area contributed by atoms with Gasteiger partial charge in [0.2, 0.25) is 0 Å². The first-order valence-corrected chi connectivity index (χ1v) is 10.4. The number of esters is 1. The number of benzene rings is 2. The molecular formula is C25H24N4O3. The number of nitrogens with zero attached hydrogens (tertiary/aromatic N) is 4. The van der Waals surface area contributed by atoms with Crippen molar-refractivity contribution < 1.29 is 14.1 Å². The van der Waals surface area contributed by atoms with Crippen LogP contribution in [0.25, 0.3) is 17.3 Å². The Morgan fingerprint density at radius 3 is 2.50 bits per heavy atom. The molecule has 7 nitrogen and oxygen atoms in total. The lowest BCUT2D eigenvalue weighted by Crippen LogP contribution is -2.01. The second-order valence-corrected chi connectivity index (χ2v) is 7.62. The van der Waals surface area contributed by atoms with Crippen molar-refractivity contribution in [2.24, 2.45) is 0 Å². The highest BCUT2D eigenvalue weighted by Gasteiger charge is 2.12. The van der Waals surface area contributed by atoms with Crippen LogP contribution in [0.3, 0.4) is 0 Å². The lowest BCUT2D eigenvalue weighted by molar-refractivity contribution is -0.139. The second-order valence-electron chi connectivity index (χ2n) is 7.62. The summed E-state index contributed by atoms with van der Waals surface area (Å²) in [7, 11) is 0. The zero-order chi connectivity index (χ0) is 22.3. The third-order valence-electron chi connectivity index (χ3n) is 4.76. The minimum atomic E-state index is -0.496. The largest absolute Gasteiger partial charge is 0.452 e. The van der Waals surface area contributed by atoms with Crippen LogP contribution in [0.5, 0.6) is 0 Å². The molecule has 162 valence electrons. The van der Waals surface area contributed by atoms with Gasteiger partial charge in [0, 0.05) is 29.3 Å². The monoisotopic (exact) mass is 428 g/mol. The Kier molecular flexibility index (Phi) is 6.55. The summed E-state index contributed by atoms with van der Waals surface area (Å²) in [4.78, 5) is 16.5. The van der Waals surface area contributed by atoms with Crippen LogP contribution in [0, 0.1) is 0 Å². The van der Waals surface area contributed by atoms with Crippen LogP contribution in [0.4, 0.5) is 0 Å². The lowest BCUT2D eigenvalue weighted by Gasteiger charge is -2.01. The molecule has 0 unspecified atom stereocenters. The maximum Gasteiger partial charge on any atom is 0.331 e. The van der Waals surface area contributed by atoms with Crippen molar-refractivity contribution in [2.45, 2.75) is 32.9 Å². The van der Waals surface area contributed by atoms with E-state index in [9.17, 15) is 4.79 Å². The molecule has 0 amide bonds. The van der Waals surface area contributed by atoms with Crippen molar-refractivity contribution >= 4 is 12.0 Å². The molecule has 4 aromatic rings. The molecule has 0 spiro atoms. The molecule has 2 aromatic carbocycles. The van der Waals surface area contributed by atoms with E-state index in [1.165, 1.54) is 6.08 Å². The van der Waals surface area contributed by atoms with Crippen LogP contribution in [0.2, 0.25) is 0 Å². The van der Waals surface area contributed by atoms with Gasteiger partial charge in [0.05, 0.1) is 12.2 Å². The molecule has 0 aliphatic rings. The van der Waals surface area contributed by atoms with E-state index in [1.807, 2.05) is 73.3 Å². The van der Waals surface area contributed by atoms with Crippen molar-refractivity contribution in [3.8, 4) is 11.3 Å². The Morgan fingerprint density at radius 2 is 1.81 bits per heavy atom. The molecule has 2 aromatic heterocycles. The normalized spacial score (nSPS) is 11.3. The van der Waals surface area contributed by atoms with Crippen LogP contribution in [-0.4, -0.2) is 25.9 Å². The van der Waals surface area contributed by atoms with Gasteiger partial charge in [-0.3, -0.25) is 4.68 Å². The summed E-state index contributed by atoms with van der Waals surface area (Å²) in [6.07, 6.45) is 5.02. The van der Waals surface area contributed by atoms with E-state index in [-0.39, 0.29) is 18.4 Å². The average Bonchev–Trinajstić information content (AvgIpc) is 3.45. The van der Waals surface area contributed by atoms with Crippen LogP contribution in [0.15, 0.2) is 77.5 Å². The summed E-state index contributed by atoms with van der Waals surface area (Å²) in [5, 5.41) is 8.61. The quantitative estimate of drug-likeness (QED) is 0.294. The third kappa shape index (κ3) is 5.37. The third-order valence-corrected chi connectivity index (χ3v) is 4.76. The standard InChI is InChI=1S/C25H24N4O3/c1-18(2)25-26-22(32-28-25)17-31-23(30)14-13-21-16-29(15-19-9-5-3-6-10-19)27-24(21)20-11-7-4-8-12-20/h3-14,16,18H,15,17H2,1-2H3/b14-13+. The van der Waals surface area contributed by atoms with Crippen molar-refractivity contribution in [2.75, 3.05) is 0 Å². The topological polar surface area (TPSA) is 83.0 Å². The van der Waals surface area contributed by atoms with Crippen molar-refractivity contribution in [3.63, 3.8) is 0 Å². The fourth-order valence-corrected chi connectivity index (χ4v) is 3.13. The van der Waals surface area contributed by atoms with Gasteiger partial charge in [0.15, 0.2) is 12.4 Å². The fourth-order valence-electron chi connectivity index (χ4n) is 3.13. The summed E-state index contributed by atoms with van der Waals surface area (Å²) in [6, 6.07) is 20.0. The summed E-state index contributed by atoms with van der Waals surface area (Å²) >= 11 is 0. The molecule has 0 bridgehead atoms. The zero-order valence-electron chi connectivity index (χ0n) is 18.0. The number of aromatic nitrogens is 4. The molecule has 0 radical (unpaired) electrons. The van der Waals surface area contributed by atoms with Crippen LogP contribution in [0.1, 0.15) is 42.6 Å². The molecule has 0 N–H and O–H groups in total. The van der Waals surface area contributed by atoms with Gasteiger partial charge < -0.3 is 9.26 Å². The highest BCUT2D eigenvalue weighted by atomic mass is 16.6. The highest BCUT2D eigenvalue weighted by Crippen LogP contribution is 2.23. The summed E-state index contributed by atoms with van der Waals surface area (Å²) in [5.41, 5.74) is 3.73. The minimum Gasteiger partial charge on any atom is -0.452 e. The van der Waals surface area contributed by atoms with E-state index in [0.29, 0.717) is 12.4 Å². The smallest absolute Gasteiger partial charge is 0.331 e. The maximum atomic E-state index is 12.2. The lowest BCUT2D eigenvalue weighted by atomic mass is 10.1. The highest BCUT2D eigenvalue weighted by molar-refractivity contribution is 5.88. The van der Waals surface area contributed by atoms with E-state index in [0.717, 1.165) is 22.4 Å². The first-order valence-electron chi connectivity index (χ1n) is 10.4. The molecule has 0 fully saturated rings. The first-order chi connectivity index (χ1) is 15.6. The molecule has 0 saturated carbocycles. The van der Waals surface area contributed by atoms with Gasteiger partial charge in [0.1, 0.15) is 0 Å². The van der Waals surface area contributed by atoms with E-state index >= 15 is 0 Å². The van der Waals surface area contributed by atoms with Crippen molar-refractivity contribution in [1.29, 1.82) is 0 Å². The number of carbonyl (C=O) groups excluding carboxylic acids is 1. The summed E-state index contributed by atoms with van der Waals surface area (Å²) in [5.74, 6) is 0.511. The molecule has 32 heavy (non-hydrogen) atoms. The average molecular weight is 428 g/mol. The van der Waals surface area contributed by atoms with Crippen molar-refractivity contribution in [3.05, 3.63) is 95.8 Å². The van der Waals surface area contributed by atoms with E-state index in [1.54, 1.807) is 6.08 Å². The van der Waals surface area contributed by atoms with E-state index < -0.39 is 5.97 Å². The Labute approximate surface area is 186 Å². The Bertz CT molecular complexity index is 1190. The van der Waals surface area contributed by atoms with Gasteiger partial charge in [-0.1, -0.05) is 79.7 Å². The van der Waals surface area contributed by atoms with Gasteiger partial charge in [-0.25, -0.2) is 4.79 Å². The molecule has 2 heterocycles. The fraction of sp³-hybridized carbons (Fsp3) is 0.200. The second kappa shape index (κ2) is 9.87. The Morgan fingerprint density at radius 1 is 1.09 bits per heavy atom. The number of carbonyl (C=O) groups is 1. The summed E-state index contributed by atoms with van der Waals surface area (Å²) in [6.45, 7) is 4.49. The van der Waals surface area contributed by atoms with Gasteiger partial charge in [-0.15, -0.1) is 0 Å². The van der Waals surface area contributed by atoms with Crippen molar-refractivity contribution in [1.82, 2.24) is 19.9 Å². The predicted molar refractivity (Wildman–Crippen MR) is 120 cm³/mol. The van der Waals surface area contributed by atoms with Gasteiger partial charge in [-0.05, 0) is 11.6 Å². The van der Waals surface area contributed by atoms with Gasteiger partial charge >= 0.3 is 5.97 Å². The molecule has 7 heteroatoms. The van der Waals surface area contributed by atoms with Crippen LogP contribution >= 0.6 is 0 Å². The Balaban J connectivity index is 1.49. The molecule has 0 aliphatic carbocycles. The van der Waals surface area contributed by atoms with Crippen LogP contribution < -0.4 is 0 Å². The number of ether oxygens (including phenoxy) is 1. The molecule has 0 atom stereocenters. The van der Waals surface area contributed by atoms with E-state index in [4.69, 9.17) is 14.4 Å². The zero-order valence-corrected chi connectivity index (χ0v) is 18.0. The number of rotatable bonds is 8. The van der Waals surface area contributed by atoms with Crippen LogP contribution in [-0.2, 0) is 22.7 Å². The molecular weight excluding hydrogens is 404 g/mol. The minimum absolute atomic E-state index is 0.0678. The predicted octanol–water partition coefficient (Wildman–Crippen LogP) is 4.86. The van der Waals surface area contributed by atoms with E-state index in [2.05, 4.69) is 22.3 Å². The maximum absolute atomic E-state index is 12.2. The van der Waals surface area contributed by atoms with Gasteiger partial charge in [-0.2, -0.15) is 10.1 Å². The SMILES string of the molecule is CC(C)c1noc(COC(=O)/C=C/c2cn(Cc3ccccc3)nc2-c2ccccc2)n1.